The largest absolute Gasteiger partial charge is 0.348 e. The van der Waals surface area contributed by atoms with Crippen LogP contribution in [0.4, 0.5) is 8.78 Å². The fourth-order valence-corrected chi connectivity index (χ4v) is 2.27. The molecule has 0 radical (unpaired) electrons. The molecule has 0 heterocycles. The number of carbonyl (C=O) groups excluding carboxylic acids is 1. The van der Waals surface area contributed by atoms with Gasteiger partial charge in [0.05, 0.1) is 0 Å². The van der Waals surface area contributed by atoms with Gasteiger partial charge >= 0.3 is 6.43 Å². The van der Waals surface area contributed by atoms with Gasteiger partial charge in [0.15, 0.2) is 0 Å². The van der Waals surface area contributed by atoms with Crippen molar-refractivity contribution in [3.05, 3.63) is 0 Å². The number of rotatable bonds is 4. The van der Waals surface area contributed by atoms with Crippen molar-refractivity contribution in [3.63, 3.8) is 0 Å². The molecule has 1 N–H and O–H groups in total. The number of hydrogen-bond acceptors (Lipinski definition) is 1. The summed E-state index contributed by atoms with van der Waals surface area (Å²) < 4.78 is 23.9. The Morgan fingerprint density at radius 1 is 1.33 bits per heavy atom. The molecule has 1 fully saturated rings. The maximum Gasteiger partial charge on any atom is 0.315 e. The third kappa shape index (κ3) is 4.14. The molecule has 0 spiro atoms. The van der Waals surface area contributed by atoms with E-state index in [0.717, 1.165) is 31.6 Å². The van der Waals surface area contributed by atoms with E-state index in [4.69, 9.17) is 0 Å². The summed E-state index contributed by atoms with van der Waals surface area (Å²) in [6.07, 6.45) is 3.34. The van der Waals surface area contributed by atoms with Crippen molar-refractivity contribution >= 4 is 5.91 Å². The topological polar surface area (TPSA) is 29.1 Å². The van der Waals surface area contributed by atoms with E-state index >= 15 is 0 Å². The Balaban J connectivity index is 2.22. The van der Waals surface area contributed by atoms with Crippen molar-refractivity contribution in [1.29, 1.82) is 0 Å². The predicted octanol–water partition coefficient (Wildman–Crippen LogP) is 2.73. The van der Waals surface area contributed by atoms with Crippen molar-refractivity contribution < 1.29 is 13.6 Å². The molecule has 0 aromatic heterocycles. The molecule has 1 aliphatic rings. The Labute approximate surface area is 89.4 Å². The second kappa shape index (κ2) is 6.03. The fraction of sp³-hybridized carbons (Fsp3) is 0.909. The molecule has 0 aliphatic heterocycles. The maximum absolute atomic E-state index is 12.0. The van der Waals surface area contributed by atoms with E-state index < -0.39 is 12.3 Å². The highest BCUT2D eigenvalue weighted by molar-refractivity contribution is 5.79. The van der Waals surface area contributed by atoms with E-state index in [9.17, 15) is 13.6 Å². The quantitative estimate of drug-likeness (QED) is 0.774. The van der Waals surface area contributed by atoms with Crippen LogP contribution in [0.15, 0.2) is 0 Å². The minimum atomic E-state index is -2.88. The molecule has 0 atom stereocenters. The third-order valence-electron chi connectivity index (χ3n) is 3.09. The van der Waals surface area contributed by atoms with Crippen molar-refractivity contribution in [1.82, 2.24) is 5.32 Å². The van der Waals surface area contributed by atoms with E-state index in [2.05, 4.69) is 12.2 Å². The molecule has 0 bridgehead atoms. The van der Waals surface area contributed by atoms with Gasteiger partial charge in [-0.3, -0.25) is 4.79 Å². The van der Waals surface area contributed by atoms with Crippen molar-refractivity contribution in [3.8, 4) is 0 Å². The van der Waals surface area contributed by atoms with Crippen LogP contribution in [0.3, 0.4) is 0 Å². The van der Waals surface area contributed by atoms with Crippen LogP contribution in [0.1, 0.15) is 45.4 Å². The SMILES string of the molecule is CCCC1CCC(NC(=O)C(F)F)CC1. The van der Waals surface area contributed by atoms with E-state index in [1.54, 1.807) is 0 Å². The Morgan fingerprint density at radius 2 is 1.93 bits per heavy atom. The zero-order valence-electron chi connectivity index (χ0n) is 9.14. The Kier molecular flexibility index (Phi) is 4.99. The summed E-state index contributed by atoms with van der Waals surface area (Å²) in [6, 6.07) is -0.0281. The highest BCUT2D eigenvalue weighted by atomic mass is 19.3. The normalized spacial score (nSPS) is 26.7. The summed E-state index contributed by atoms with van der Waals surface area (Å²) in [5.74, 6) is -0.386. The summed E-state index contributed by atoms with van der Waals surface area (Å²) in [6.45, 7) is 2.16. The number of carbonyl (C=O) groups is 1. The summed E-state index contributed by atoms with van der Waals surface area (Å²) >= 11 is 0. The van der Waals surface area contributed by atoms with Gasteiger partial charge in [-0.15, -0.1) is 0 Å². The number of halogens is 2. The summed E-state index contributed by atoms with van der Waals surface area (Å²) in [7, 11) is 0. The summed E-state index contributed by atoms with van der Waals surface area (Å²) in [4.78, 5) is 10.8. The minimum Gasteiger partial charge on any atom is -0.348 e. The molecule has 88 valence electrons. The maximum atomic E-state index is 12.0. The van der Waals surface area contributed by atoms with Gasteiger partial charge in [-0.05, 0) is 31.6 Å². The summed E-state index contributed by atoms with van der Waals surface area (Å²) in [5, 5.41) is 2.39. The molecule has 1 saturated carbocycles. The van der Waals surface area contributed by atoms with Gasteiger partial charge in [0.25, 0.3) is 5.91 Å². The molecule has 4 heteroatoms. The number of nitrogens with one attached hydrogen (secondary N) is 1. The molecule has 0 aromatic rings. The first kappa shape index (κ1) is 12.4. The number of hydrogen-bond donors (Lipinski definition) is 1. The predicted molar refractivity (Wildman–Crippen MR) is 54.8 cm³/mol. The monoisotopic (exact) mass is 219 g/mol. The average Bonchev–Trinajstić information content (AvgIpc) is 2.21. The Bertz CT molecular complexity index is 201. The molecule has 15 heavy (non-hydrogen) atoms. The first-order valence-electron chi connectivity index (χ1n) is 5.72. The van der Waals surface area contributed by atoms with Crippen molar-refractivity contribution in [2.75, 3.05) is 0 Å². The molecular formula is C11H19F2NO. The van der Waals surface area contributed by atoms with Gasteiger partial charge in [-0.25, -0.2) is 0 Å². The highest BCUT2D eigenvalue weighted by Gasteiger charge is 2.24. The lowest BCUT2D eigenvalue weighted by Gasteiger charge is -2.28. The fourth-order valence-electron chi connectivity index (χ4n) is 2.27. The number of alkyl halides is 2. The van der Waals surface area contributed by atoms with E-state index in [1.807, 2.05) is 0 Å². The zero-order chi connectivity index (χ0) is 11.3. The molecular weight excluding hydrogens is 200 g/mol. The van der Waals surface area contributed by atoms with Gasteiger partial charge in [0.2, 0.25) is 0 Å². The second-order valence-electron chi connectivity index (χ2n) is 4.32. The van der Waals surface area contributed by atoms with Gasteiger partial charge in [0.1, 0.15) is 0 Å². The van der Waals surface area contributed by atoms with Gasteiger partial charge in [-0.2, -0.15) is 8.78 Å². The van der Waals surface area contributed by atoms with Crippen molar-refractivity contribution in [2.45, 2.75) is 57.9 Å². The zero-order valence-corrected chi connectivity index (χ0v) is 9.14. The minimum absolute atomic E-state index is 0.0281. The number of amides is 1. The van der Waals surface area contributed by atoms with Crippen LogP contribution < -0.4 is 5.32 Å². The smallest absolute Gasteiger partial charge is 0.315 e. The lowest BCUT2D eigenvalue weighted by Crippen LogP contribution is -2.40. The Morgan fingerprint density at radius 3 is 2.40 bits per heavy atom. The van der Waals surface area contributed by atoms with Crippen LogP contribution >= 0.6 is 0 Å². The van der Waals surface area contributed by atoms with Crippen LogP contribution in [-0.4, -0.2) is 18.4 Å². The summed E-state index contributed by atoms with van der Waals surface area (Å²) in [5.41, 5.74) is 0. The van der Waals surface area contributed by atoms with Gasteiger partial charge in [0, 0.05) is 6.04 Å². The first-order chi connectivity index (χ1) is 7.13. The third-order valence-corrected chi connectivity index (χ3v) is 3.09. The molecule has 0 saturated heterocycles. The van der Waals surface area contributed by atoms with E-state index in [-0.39, 0.29) is 6.04 Å². The lowest BCUT2D eigenvalue weighted by molar-refractivity contribution is -0.132. The van der Waals surface area contributed by atoms with Crippen LogP contribution in [0, 0.1) is 5.92 Å². The van der Waals surface area contributed by atoms with Crippen LogP contribution in [-0.2, 0) is 4.79 Å². The Hall–Kier alpha value is -0.670. The van der Waals surface area contributed by atoms with Gasteiger partial charge < -0.3 is 5.32 Å². The van der Waals surface area contributed by atoms with Crippen LogP contribution in [0.2, 0.25) is 0 Å². The molecule has 1 aliphatic carbocycles. The second-order valence-corrected chi connectivity index (χ2v) is 4.32. The molecule has 2 nitrogen and oxygen atoms in total. The molecule has 1 rings (SSSR count). The average molecular weight is 219 g/mol. The van der Waals surface area contributed by atoms with E-state index in [0.29, 0.717) is 0 Å². The molecule has 0 aromatic carbocycles. The van der Waals surface area contributed by atoms with Crippen LogP contribution in [0.5, 0.6) is 0 Å². The molecule has 1 amide bonds. The van der Waals surface area contributed by atoms with Crippen molar-refractivity contribution in [2.24, 2.45) is 5.92 Å². The van der Waals surface area contributed by atoms with E-state index in [1.165, 1.54) is 12.8 Å². The first-order valence-corrected chi connectivity index (χ1v) is 5.72. The lowest BCUT2D eigenvalue weighted by atomic mass is 9.83. The van der Waals surface area contributed by atoms with Gasteiger partial charge in [-0.1, -0.05) is 19.8 Å². The standard InChI is InChI=1S/C11H19F2NO/c1-2-3-8-4-6-9(7-5-8)14-11(15)10(12)13/h8-10H,2-7H2,1H3,(H,14,15). The van der Waals surface area contributed by atoms with Crippen LogP contribution in [0.25, 0.3) is 0 Å². The molecule has 0 unspecified atom stereocenters. The highest BCUT2D eigenvalue weighted by Crippen LogP contribution is 2.27.